The normalized spacial score (nSPS) is 52.6. The van der Waals surface area contributed by atoms with E-state index in [1.807, 2.05) is 42.5 Å². The van der Waals surface area contributed by atoms with E-state index in [0.29, 0.717) is 12.8 Å². The third kappa shape index (κ3) is 7.62. The number of aliphatic hydroxyl groups excluding tert-OH is 1. The Morgan fingerprint density at radius 3 is 2.31 bits per heavy atom. The van der Waals surface area contributed by atoms with Crippen LogP contribution >= 0.6 is 0 Å². The summed E-state index contributed by atoms with van der Waals surface area (Å²) in [6, 6.07) is 0. The van der Waals surface area contributed by atoms with Crippen LogP contribution in [0.15, 0.2) is 49.1 Å². The molecule has 11 nitrogen and oxygen atoms in total. The Morgan fingerprint density at radius 2 is 1.52 bits per heavy atom. The summed E-state index contributed by atoms with van der Waals surface area (Å²) in [5, 5.41) is 20.7. The maximum absolute atomic E-state index is 11.3. The van der Waals surface area contributed by atoms with Gasteiger partial charge in [-0.15, -0.1) is 6.58 Å². The van der Waals surface area contributed by atoms with Crippen LogP contribution in [0, 0.1) is 0 Å². The van der Waals surface area contributed by atoms with E-state index in [0.717, 1.165) is 64.2 Å². The smallest absolute Gasteiger partial charge is 0.110 e. The highest BCUT2D eigenvalue weighted by Gasteiger charge is 2.63. The maximum atomic E-state index is 11.3. The second kappa shape index (κ2) is 15.4. The van der Waals surface area contributed by atoms with Crippen molar-refractivity contribution in [2.24, 2.45) is 0 Å². The summed E-state index contributed by atoms with van der Waals surface area (Å²) in [6.45, 7) is 14.5. The van der Waals surface area contributed by atoms with E-state index in [1.165, 1.54) is 0 Å². The predicted molar refractivity (Wildman–Crippen MR) is 202 cm³/mol. The number of ether oxygens (including phenoxy) is 8. The van der Waals surface area contributed by atoms with Crippen LogP contribution in [0.25, 0.3) is 0 Å². The Hall–Kier alpha value is -1.48. The van der Waals surface area contributed by atoms with Crippen molar-refractivity contribution in [2.45, 2.75) is 213 Å². The Morgan fingerprint density at radius 1 is 0.741 bits per heavy atom. The molecule has 304 valence electrons. The molecule has 0 saturated carbocycles. The van der Waals surface area contributed by atoms with Crippen molar-refractivity contribution in [3.8, 4) is 0 Å². The lowest BCUT2D eigenvalue weighted by Crippen LogP contribution is -2.69. The maximum Gasteiger partial charge on any atom is 0.110 e. The van der Waals surface area contributed by atoms with Crippen molar-refractivity contribution in [1.29, 1.82) is 0 Å². The largest absolute Gasteiger partial charge is 0.412 e. The van der Waals surface area contributed by atoms with Crippen molar-refractivity contribution in [3.63, 3.8) is 0 Å². The van der Waals surface area contributed by atoms with Crippen LogP contribution in [0.5, 0.6) is 0 Å². The van der Waals surface area contributed by atoms with Crippen molar-refractivity contribution >= 4 is 0 Å². The molecule has 0 aliphatic carbocycles. The first-order valence-electron chi connectivity index (χ1n) is 20.5. The summed E-state index contributed by atoms with van der Waals surface area (Å²) < 4.78 is 55.2. The fourth-order valence-electron chi connectivity index (χ4n) is 11.0. The molecule has 0 aromatic rings. The molecule has 7 saturated heterocycles. The zero-order valence-electron chi connectivity index (χ0n) is 33.0. The van der Waals surface area contributed by atoms with Crippen LogP contribution in [0.2, 0.25) is 0 Å². The van der Waals surface area contributed by atoms with Gasteiger partial charge < -0.3 is 53.6 Å². The van der Waals surface area contributed by atoms with Crippen molar-refractivity contribution in [1.82, 2.24) is 0 Å². The van der Waals surface area contributed by atoms with Crippen LogP contribution in [-0.4, -0.2) is 124 Å². The molecule has 0 bridgehead atoms. The van der Waals surface area contributed by atoms with Gasteiger partial charge in [0.15, 0.2) is 0 Å². The van der Waals surface area contributed by atoms with E-state index >= 15 is 0 Å². The number of hydrogen-bond donors (Lipinski definition) is 2. The molecule has 54 heavy (non-hydrogen) atoms. The molecule has 0 spiro atoms. The third-order valence-corrected chi connectivity index (χ3v) is 14.0. The number of allylic oxidation sites excluding steroid dienone is 4. The summed E-state index contributed by atoms with van der Waals surface area (Å²) in [5.74, 6) is 0. The first kappa shape index (κ1) is 40.7. The van der Waals surface area contributed by atoms with Crippen LogP contribution in [0.4, 0.5) is 0 Å². The second-order valence-electron chi connectivity index (χ2n) is 18.4. The zero-order valence-corrected chi connectivity index (χ0v) is 33.0. The molecule has 0 amide bonds. The Balaban J connectivity index is 0.00000450. The molecule has 11 heteroatoms. The molecule has 8 rings (SSSR count). The molecular weight excluding hydrogens is 692 g/mol. The molecule has 7 fully saturated rings. The van der Waals surface area contributed by atoms with Gasteiger partial charge in [0.25, 0.3) is 0 Å². The van der Waals surface area contributed by atoms with E-state index in [4.69, 9.17) is 37.9 Å². The van der Waals surface area contributed by atoms with Gasteiger partial charge in [-0.1, -0.05) is 42.5 Å². The molecule has 8 heterocycles. The van der Waals surface area contributed by atoms with E-state index in [9.17, 15) is 10.2 Å². The van der Waals surface area contributed by atoms with Crippen LogP contribution in [-0.2, 0) is 37.9 Å². The summed E-state index contributed by atoms with van der Waals surface area (Å²) in [6.07, 6.45) is 21.5. The minimum absolute atomic E-state index is 0. The van der Waals surface area contributed by atoms with Crippen molar-refractivity contribution < 1.29 is 53.6 Å². The Bertz CT molecular complexity index is 1430. The SMILES string of the molecule is C=CC/C=C\C=C/C1OC2CC3OC4CCC5OC6CC7(C)OC8(C)CCC(CCCO)OC8CC7OC6CC5OC4(C)CC3(C)OC2C=CC1(C)O.O. The highest BCUT2D eigenvalue weighted by Crippen LogP contribution is 2.54. The molecule has 17 unspecified atom stereocenters. The van der Waals surface area contributed by atoms with E-state index < -0.39 is 28.5 Å². The molecule has 0 radical (unpaired) electrons. The quantitative estimate of drug-likeness (QED) is 0.265. The van der Waals surface area contributed by atoms with Gasteiger partial charge in [0.1, 0.15) is 17.8 Å². The molecule has 17 atom stereocenters. The average molecular weight is 759 g/mol. The van der Waals surface area contributed by atoms with E-state index in [-0.39, 0.29) is 84.8 Å². The fourth-order valence-corrected chi connectivity index (χ4v) is 11.0. The Labute approximate surface area is 321 Å². The lowest BCUT2D eigenvalue weighted by Gasteiger charge is -2.60. The highest BCUT2D eigenvalue weighted by atomic mass is 16.6. The first-order valence-corrected chi connectivity index (χ1v) is 20.5. The first-order chi connectivity index (χ1) is 25.2. The van der Waals surface area contributed by atoms with E-state index in [1.54, 1.807) is 6.92 Å². The third-order valence-electron chi connectivity index (χ3n) is 14.0. The monoisotopic (exact) mass is 758 g/mol. The van der Waals surface area contributed by atoms with Gasteiger partial charge in [-0.3, -0.25) is 0 Å². The van der Waals surface area contributed by atoms with Gasteiger partial charge in [0.05, 0.1) is 83.4 Å². The number of hydrogen-bond acceptors (Lipinski definition) is 10. The molecule has 0 aromatic carbocycles. The van der Waals surface area contributed by atoms with Gasteiger partial charge in [-0.25, -0.2) is 0 Å². The average Bonchev–Trinajstić information content (AvgIpc) is 3.30. The standard InChI is InChI=1S/C43H64O10.H2O/c1-7-8-9-10-11-14-34-39(2,45)19-18-29-31(48-34)23-36-43(6,51-29)26-42(5)35(50-36)16-15-28-32(52-42)22-30-33(47-28)25-41(4)38(49-30)24-37-40(3,53-41)20-17-27(46-37)13-12-21-44;/h7,9-11,14,18-19,27-38,44-45H,1,8,12-13,15-17,20-26H2,2-6H3;1H2/b10-9-,14-11-;. The van der Waals surface area contributed by atoms with E-state index in [2.05, 4.69) is 34.3 Å². The summed E-state index contributed by atoms with van der Waals surface area (Å²) in [4.78, 5) is 0. The molecule has 4 N–H and O–H groups in total. The molecule has 8 aliphatic rings. The number of aliphatic hydroxyl groups is 2. The van der Waals surface area contributed by atoms with Crippen LogP contribution in [0.3, 0.4) is 0 Å². The number of fused-ring (bicyclic) bond motifs is 7. The lowest BCUT2D eigenvalue weighted by molar-refractivity contribution is -0.356. The van der Waals surface area contributed by atoms with Gasteiger partial charge in [0, 0.05) is 38.7 Å². The Kier molecular flexibility index (Phi) is 11.6. The van der Waals surface area contributed by atoms with Crippen molar-refractivity contribution in [2.75, 3.05) is 6.61 Å². The van der Waals surface area contributed by atoms with Gasteiger partial charge in [0.2, 0.25) is 0 Å². The summed E-state index contributed by atoms with van der Waals surface area (Å²) in [5.41, 5.74) is -3.16. The van der Waals surface area contributed by atoms with Crippen molar-refractivity contribution in [3.05, 3.63) is 49.1 Å². The van der Waals surface area contributed by atoms with Crippen LogP contribution < -0.4 is 0 Å². The minimum atomic E-state index is -1.18. The predicted octanol–water partition coefficient (Wildman–Crippen LogP) is 5.14. The second-order valence-corrected chi connectivity index (χ2v) is 18.4. The highest BCUT2D eigenvalue weighted by molar-refractivity contribution is 5.20. The lowest BCUT2D eigenvalue weighted by atomic mass is 9.73. The molecule has 0 aromatic heterocycles. The van der Waals surface area contributed by atoms with Gasteiger partial charge in [-0.05, 0) is 79.6 Å². The van der Waals surface area contributed by atoms with Gasteiger partial charge >= 0.3 is 0 Å². The number of rotatable bonds is 7. The molecule has 8 aliphatic heterocycles. The van der Waals surface area contributed by atoms with Crippen LogP contribution in [0.1, 0.15) is 112 Å². The van der Waals surface area contributed by atoms with Gasteiger partial charge in [-0.2, -0.15) is 0 Å². The fraction of sp³-hybridized carbons (Fsp3) is 0.814. The molecular formula is C43H66O11. The zero-order chi connectivity index (χ0) is 37.2. The topological polar surface area (TPSA) is 146 Å². The summed E-state index contributed by atoms with van der Waals surface area (Å²) in [7, 11) is 0. The minimum Gasteiger partial charge on any atom is -0.412 e. The summed E-state index contributed by atoms with van der Waals surface area (Å²) >= 11 is 0.